The first-order valence-corrected chi connectivity index (χ1v) is 6.77. The Hall–Kier alpha value is -1.55. The van der Waals surface area contributed by atoms with E-state index in [9.17, 15) is 4.79 Å². The number of nitrogens with two attached hydrogens (primary N) is 1. The molecular weight excluding hydrogens is 254 g/mol. The van der Waals surface area contributed by atoms with Gasteiger partial charge in [-0.3, -0.25) is 4.79 Å². The van der Waals surface area contributed by atoms with Gasteiger partial charge in [0.2, 0.25) is 0 Å². The number of methoxy groups -OCH3 is 2. The third-order valence-corrected chi connectivity index (χ3v) is 3.03. The minimum absolute atomic E-state index is 0.00116. The lowest BCUT2D eigenvalue weighted by molar-refractivity contribution is 0.0965. The number of carbonyl (C=O) groups excluding carboxylic acids is 1. The Balaban J connectivity index is 2.82. The van der Waals surface area contributed by atoms with Gasteiger partial charge >= 0.3 is 0 Å². The van der Waals surface area contributed by atoms with Crippen LogP contribution in [0.4, 0.5) is 0 Å². The third-order valence-electron chi connectivity index (χ3n) is 3.03. The first-order chi connectivity index (χ1) is 9.26. The van der Waals surface area contributed by atoms with Gasteiger partial charge in [0.15, 0.2) is 5.78 Å². The van der Waals surface area contributed by atoms with Crippen LogP contribution >= 0.6 is 0 Å². The molecule has 20 heavy (non-hydrogen) atoms. The van der Waals surface area contributed by atoms with Gasteiger partial charge in [-0.1, -0.05) is 20.8 Å². The van der Waals surface area contributed by atoms with E-state index in [1.807, 2.05) is 0 Å². The van der Waals surface area contributed by atoms with Crippen molar-refractivity contribution < 1.29 is 14.3 Å². The molecule has 1 unspecified atom stereocenters. The maximum Gasteiger partial charge on any atom is 0.168 e. The highest BCUT2D eigenvalue weighted by atomic mass is 16.5. The van der Waals surface area contributed by atoms with E-state index in [2.05, 4.69) is 20.8 Å². The van der Waals surface area contributed by atoms with E-state index in [0.29, 0.717) is 23.5 Å². The SMILES string of the molecule is COc1ccc(C(=O)CC(N)CC(C)(C)C)c(OC)c1. The van der Waals surface area contributed by atoms with Crippen LogP contribution in [0.5, 0.6) is 11.5 Å². The zero-order valence-corrected chi connectivity index (χ0v) is 13.0. The molecule has 4 heteroatoms. The molecule has 4 nitrogen and oxygen atoms in total. The molecule has 0 amide bonds. The van der Waals surface area contributed by atoms with Crippen LogP contribution in [0.15, 0.2) is 18.2 Å². The highest BCUT2D eigenvalue weighted by Crippen LogP contribution is 2.27. The molecule has 0 spiro atoms. The summed E-state index contributed by atoms with van der Waals surface area (Å²) in [4.78, 5) is 12.3. The molecule has 0 aliphatic heterocycles. The fraction of sp³-hybridized carbons (Fsp3) is 0.562. The van der Waals surface area contributed by atoms with E-state index in [-0.39, 0.29) is 17.2 Å². The van der Waals surface area contributed by atoms with Gasteiger partial charge in [-0.05, 0) is 24.0 Å². The van der Waals surface area contributed by atoms with Crippen LogP contribution in [0.2, 0.25) is 0 Å². The van der Waals surface area contributed by atoms with Crippen LogP contribution in [-0.2, 0) is 0 Å². The van der Waals surface area contributed by atoms with Crippen molar-refractivity contribution in [1.82, 2.24) is 0 Å². The molecule has 0 fully saturated rings. The van der Waals surface area contributed by atoms with Gasteiger partial charge in [0.05, 0.1) is 19.8 Å². The van der Waals surface area contributed by atoms with Crippen LogP contribution in [0.1, 0.15) is 44.0 Å². The van der Waals surface area contributed by atoms with Gasteiger partial charge in [0, 0.05) is 18.5 Å². The van der Waals surface area contributed by atoms with Crippen molar-refractivity contribution in [2.75, 3.05) is 14.2 Å². The normalized spacial score (nSPS) is 12.9. The van der Waals surface area contributed by atoms with Crippen LogP contribution in [0.3, 0.4) is 0 Å². The summed E-state index contributed by atoms with van der Waals surface area (Å²) in [5.41, 5.74) is 6.73. The van der Waals surface area contributed by atoms with Gasteiger partial charge in [0.1, 0.15) is 11.5 Å². The zero-order chi connectivity index (χ0) is 15.3. The van der Waals surface area contributed by atoms with Gasteiger partial charge in [-0.15, -0.1) is 0 Å². The van der Waals surface area contributed by atoms with Gasteiger partial charge in [0.25, 0.3) is 0 Å². The zero-order valence-electron chi connectivity index (χ0n) is 13.0. The molecule has 1 rings (SSSR count). The molecular formula is C16H25NO3. The van der Waals surface area contributed by atoms with Crippen LogP contribution in [0.25, 0.3) is 0 Å². The van der Waals surface area contributed by atoms with Crippen molar-refractivity contribution in [3.63, 3.8) is 0 Å². The Labute approximate surface area is 121 Å². The van der Waals surface area contributed by atoms with Gasteiger partial charge in [-0.2, -0.15) is 0 Å². The molecule has 112 valence electrons. The summed E-state index contributed by atoms with van der Waals surface area (Å²) in [5, 5.41) is 0. The smallest absolute Gasteiger partial charge is 0.168 e. The predicted molar refractivity (Wildman–Crippen MR) is 80.5 cm³/mol. The molecule has 0 saturated heterocycles. The quantitative estimate of drug-likeness (QED) is 0.813. The Kier molecular flexibility index (Phi) is 5.57. The Morgan fingerprint density at radius 3 is 2.40 bits per heavy atom. The topological polar surface area (TPSA) is 61.5 Å². The number of ether oxygens (including phenoxy) is 2. The molecule has 0 aliphatic carbocycles. The fourth-order valence-corrected chi connectivity index (χ4v) is 2.24. The summed E-state index contributed by atoms with van der Waals surface area (Å²) in [6.07, 6.45) is 1.12. The summed E-state index contributed by atoms with van der Waals surface area (Å²) >= 11 is 0. The number of ketones is 1. The highest BCUT2D eigenvalue weighted by Gasteiger charge is 2.20. The van der Waals surface area contributed by atoms with Crippen molar-refractivity contribution in [2.24, 2.45) is 11.1 Å². The summed E-state index contributed by atoms with van der Waals surface area (Å²) in [7, 11) is 3.12. The lowest BCUT2D eigenvalue weighted by atomic mass is 9.86. The van der Waals surface area contributed by atoms with Crippen molar-refractivity contribution in [2.45, 2.75) is 39.7 Å². The second-order valence-electron chi connectivity index (χ2n) is 6.22. The van der Waals surface area contributed by atoms with E-state index < -0.39 is 0 Å². The second-order valence-corrected chi connectivity index (χ2v) is 6.22. The highest BCUT2D eigenvalue weighted by molar-refractivity contribution is 5.99. The first kappa shape index (κ1) is 16.5. The largest absolute Gasteiger partial charge is 0.497 e. The lowest BCUT2D eigenvalue weighted by Crippen LogP contribution is -2.29. The summed E-state index contributed by atoms with van der Waals surface area (Å²) in [6.45, 7) is 6.35. The van der Waals surface area contributed by atoms with Crippen LogP contribution in [-0.4, -0.2) is 26.0 Å². The minimum Gasteiger partial charge on any atom is -0.497 e. The van der Waals surface area contributed by atoms with E-state index in [1.165, 1.54) is 0 Å². The number of rotatable bonds is 6. The Morgan fingerprint density at radius 1 is 1.25 bits per heavy atom. The minimum atomic E-state index is -0.144. The molecule has 0 aliphatic rings. The summed E-state index contributed by atoms with van der Waals surface area (Å²) in [6, 6.07) is 5.05. The number of hydrogen-bond donors (Lipinski definition) is 1. The van der Waals surface area contributed by atoms with Crippen molar-refractivity contribution in [3.8, 4) is 11.5 Å². The van der Waals surface area contributed by atoms with Gasteiger partial charge < -0.3 is 15.2 Å². The standard InChI is InChI=1S/C16H25NO3/c1-16(2,3)10-11(17)8-14(18)13-7-6-12(19-4)9-15(13)20-5/h6-7,9,11H,8,10,17H2,1-5H3. The molecule has 1 aromatic carbocycles. The van der Waals surface area contributed by atoms with Crippen molar-refractivity contribution in [3.05, 3.63) is 23.8 Å². The fourth-order valence-electron chi connectivity index (χ4n) is 2.24. The molecule has 1 atom stereocenters. The molecule has 0 radical (unpaired) electrons. The predicted octanol–water partition coefficient (Wildman–Crippen LogP) is 3.04. The molecule has 0 bridgehead atoms. The average Bonchev–Trinajstić information content (AvgIpc) is 2.35. The molecule has 2 N–H and O–H groups in total. The van der Waals surface area contributed by atoms with Crippen LogP contribution < -0.4 is 15.2 Å². The summed E-state index contributed by atoms with van der Waals surface area (Å²) < 4.78 is 10.4. The molecule has 0 aromatic heterocycles. The maximum atomic E-state index is 12.3. The molecule has 0 heterocycles. The Morgan fingerprint density at radius 2 is 1.90 bits per heavy atom. The van der Waals surface area contributed by atoms with Crippen molar-refractivity contribution >= 4 is 5.78 Å². The third kappa shape index (κ3) is 4.85. The number of Topliss-reactive ketones (excluding diaryl/α,β-unsaturated/α-hetero) is 1. The Bertz CT molecular complexity index is 463. The first-order valence-electron chi connectivity index (χ1n) is 6.77. The van der Waals surface area contributed by atoms with Gasteiger partial charge in [-0.25, -0.2) is 0 Å². The van der Waals surface area contributed by atoms with E-state index in [1.54, 1.807) is 32.4 Å². The van der Waals surface area contributed by atoms with E-state index in [4.69, 9.17) is 15.2 Å². The number of benzene rings is 1. The van der Waals surface area contributed by atoms with Crippen LogP contribution in [0, 0.1) is 5.41 Å². The van der Waals surface area contributed by atoms with Crippen molar-refractivity contribution in [1.29, 1.82) is 0 Å². The molecule has 0 saturated carbocycles. The number of hydrogen-bond acceptors (Lipinski definition) is 4. The average molecular weight is 279 g/mol. The monoisotopic (exact) mass is 279 g/mol. The molecule has 1 aromatic rings. The second kappa shape index (κ2) is 6.75. The lowest BCUT2D eigenvalue weighted by Gasteiger charge is -2.22. The van der Waals surface area contributed by atoms with E-state index >= 15 is 0 Å². The number of carbonyl (C=O) groups is 1. The maximum absolute atomic E-state index is 12.3. The summed E-state index contributed by atoms with van der Waals surface area (Å²) in [5.74, 6) is 1.19. The van der Waals surface area contributed by atoms with E-state index in [0.717, 1.165) is 6.42 Å².